The van der Waals surface area contributed by atoms with Crippen LogP contribution in [0.15, 0.2) is 36.4 Å². The predicted molar refractivity (Wildman–Crippen MR) is 114 cm³/mol. The Morgan fingerprint density at radius 1 is 1.04 bits per heavy atom. The quantitative estimate of drug-likeness (QED) is 0.469. The highest BCUT2D eigenvalue weighted by Crippen LogP contribution is 2.37. The lowest BCUT2D eigenvalue weighted by atomic mass is 10.1. The number of hydrogen-bond donors (Lipinski definition) is 3. The van der Waals surface area contributed by atoms with Gasteiger partial charge in [-0.05, 0) is 44.0 Å². The van der Waals surface area contributed by atoms with E-state index in [2.05, 4.69) is 29.7 Å². The molecule has 0 heterocycles. The Morgan fingerprint density at radius 2 is 1.75 bits per heavy atom. The van der Waals surface area contributed by atoms with Crippen molar-refractivity contribution in [2.45, 2.75) is 40.0 Å². The summed E-state index contributed by atoms with van der Waals surface area (Å²) < 4.78 is 11.7. The van der Waals surface area contributed by atoms with Crippen LogP contribution in [0.25, 0.3) is 0 Å². The maximum atomic E-state index is 9.23. The largest absolute Gasteiger partial charge is 0.490 e. The van der Waals surface area contributed by atoms with Crippen LogP contribution in [0.2, 0.25) is 5.02 Å². The minimum absolute atomic E-state index is 0.333. The molecule has 6 heteroatoms. The molecule has 0 bridgehead atoms. The van der Waals surface area contributed by atoms with Gasteiger partial charge in [0.25, 0.3) is 0 Å². The Balaban J connectivity index is 1.95. The molecule has 154 valence electrons. The number of aliphatic hydroxyl groups is 1. The van der Waals surface area contributed by atoms with Crippen molar-refractivity contribution in [2.24, 2.45) is 0 Å². The second-order valence-electron chi connectivity index (χ2n) is 6.84. The molecule has 0 radical (unpaired) electrons. The molecule has 0 saturated carbocycles. The zero-order chi connectivity index (χ0) is 20.4. The number of hydrogen-bond acceptors (Lipinski definition) is 5. The zero-order valence-electron chi connectivity index (χ0n) is 16.9. The summed E-state index contributed by atoms with van der Waals surface area (Å²) in [5, 5.41) is 16.3. The average molecular weight is 407 g/mol. The molecule has 0 amide bonds. The molecular formula is C22H31ClN2O3. The van der Waals surface area contributed by atoms with Crippen molar-refractivity contribution in [3.8, 4) is 11.5 Å². The zero-order valence-corrected chi connectivity index (χ0v) is 17.7. The number of halogens is 1. The van der Waals surface area contributed by atoms with Gasteiger partial charge in [-0.2, -0.15) is 0 Å². The van der Waals surface area contributed by atoms with Crippen LogP contribution in [0.1, 0.15) is 30.5 Å². The molecule has 3 N–H and O–H groups in total. The molecule has 0 aliphatic carbocycles. The summed E-state index contributed by atoms with van der Waals surface area (Å²) in [5.41, 5.74) is 3.33. The van der Waals surface area contributed by atoms with Crippen molar-refractivity contribution < 1.29 is 14.6 Å². The minimum atomic E-state index is -0.333. The lowest BCUT2D eigenvalue weighted by Crippen LogP contribution is -2.31. The summed E-state index contributed by atoms with van der Waals surface area (Å²) in [5.74, 6) is 1.23. The highest BCUT2D eigenvalue weighted by atomic mass is 35.5. The fourth-order valence-corrected chi connectivity index (χ4v) is 2.97. The predicted octanol–water partition coefficient (Wildman–Crippen LogP) is 3.69. The number of nitrogens with one attached hydrogen (secondary N) is 2. The van der Waals surface area contributed by atoms with Gasteiger partial charge in [-0.1, -0.05) is 41.4 Å². The van der Waals surface area contributed by atoms with Crippen LogP contribution < -0.4 is 20.1 Å². The van der Waals surface area contributed by atoms with Crippen LogP contribution in [-0.4, -0.2) is 37.5 Å². The van der Waals surface area contributed by atoms with Gasteiger partial charge in [-0.15, -0.1) is 0 Å². The van der Waals surface area contributed by atoms with Crippen LogP contribution in [-0.2, 0) is 13.2 Å². The van der Waals surface area contributed by atoms with Gasteiger partial charge < -0.3 is 25.2 Å². The topological polar surface area (TPSA) is 62.8 Å². The third-order valence-corrected chi connectivity index (χ3v) is 4.40. The Kier molecular flexibility index (Phi) is 9.58. The van der Waals surface area contributed by atoms with Crippen molar-refractivity contribution in [2.75, 3.05) is 26.2 Å². The standard InChI is InChI=1S/C22H31ClN2O3/c1-4-27-21-12-19(14-25-10-9-24-13-17(3)26)11-20(23)22(21)28-15-18-7-5-16(2)6-8-18/h5-8,11-12,17,24-26H,4,9-10,13-15H2,1-3H3. The molecule has 1 atom stereocenters. The minimum Gasteiger partial charge on any atom is -0.490 e. The van der Waals surface area contributed by atoms with E-state index >= 15 is 0 Å². The Hall–Kier alpha value is -1.79. The van der Waals surface area contributed by atoms with Crippen LogP contribution >= 0.6 is 11.6 Å². The fraction of sp³-hybridized carbons (Fsp3) is 0.455. The maximum absolute atomic E-state index is 9.23. The van der Waals surface area contributed by atoms with Gasteiger partial charge in [0.05, 0.1) is 17.7 Å². The van der Waals surface area contributed by atoms with E-state index in [-0.39, 0.29) is 6.10 Å². The number of benzene rings is 2. The molecule has 0 aliphatic heterocycles. The molecule has 5 nitrogen and oxygen atoms in total. The van der Waals surface area contributed by atoms with Crippen LogP contribution in [0, 0.1) is 6.92 Å². The number of aryl methyl sites for hydroxylation is 1. The summed E-state index contributed by atoms with van der Waals surface area (Å²) in [6.07, 6.45) is -0.333. The Bertz CT molecular complexity index is 720. The van der Waals surface area contributed by atoms with Gasteiger partial charge in [0.1, 0.15) is 6.61 Å². The maximum Gasteiger partial charge on any atom is 0.180 e. The first-order chi connectivity index (χ1) is 13.5. The molecule has 0 aromatic heterocycles. The van der Waals surface area contributed by atoms with Gasteiger partial charge in [0, 0.05) is 26.2 Å². The molecule has 0 spiro atoms. The summed E-state index contributed by atoms with van der Waals surface area (Å²) >= 11 is 6.49. The molecule has 2 aromatic rings. The number of rotatable bonds is 12. The van der Waals surface area contributed by atoms with Gasteiger partial charge in [0.2, 0.25) is 0 Å². The SMILES string of the molecule is CCOc1cc(CNCCNCC(C)O)cc(Cl)c1OCc1ccc(C)cc1. The van der Waals surface area contributed by atoms with Crippen LogP contribution in [0.4, 0.5) is 0 Å². The lowest BCUT2D eigenvalue weighted by Gasteiger charge is -2.16. The lowest BCUT2D eigenvalue weighted by molar-refractivity contribution is 0.191. The average Bonchev–Trinajstić information content (AvgIpc) is 2.65. The molecular weight excluding hydrogens is 376 g/mol. The number of ether oxygens (including phenoxy) is 2. The third-order valence-electron chi connectivity index (χ3n) is 4.12. The monoisotopic (exact) mass is 406 g/mol. The van der Waals surface area contributed by atoms with Gasteiger partial charge in [0.15, 0.2) is 11.5 Å². The molecule has 0 fully saturated rings. The highest BCUT2D eigenvalue weighted by Gasteiger charge is 2.13. The molecule has 2 rings (SSSR count). The normalized spacial score (nSPS) is 12.0. The smallest absolute Gasteiger partial charge is 0.180 e. The van der Waals surface area contributed by atoms with E-state index < -0.39 is 0 Å². The van der Waals surface area contributed by atoms with E-state index in [0.717, 1.165) is 24.2 Å². The van der Waals surface area contributed by atoms with E-state index in [0.29, 0.717) is 42.8 Å². The molecule has 0 aliphatic rings. The van der Waals surface area contributed by atoms with Crippen molar-refractivity contribution in [1.82, 2.24) is 10.6 Å². The third kappa shape index (κ3) is 7.68. The summed E-state index contributed by atoms with van der Waals surface area (Å²) in [6.45, 7) is 9.59. The van der Waals surface area contributed by atoms with Gasteiger partial charge in [-0.3, -0.25) is 0 Å². The summed E-state index contributed by atoms with van der Waals surface area (Å²) in [6, 6.07) is 12.1. The first kappa shape index (κ1) is 22.5. The van der Waals surface area contributed by atoms with E-state index in [4.69, 9.17) is 21.1 Å². The summed E-state index contributed by atoms with van der Waals surface area (Å²) in [7, 11) is 0. The van der Waals surface area contributed by atoms with E-state index in [9.17, 15) is 5.11 Å². The van der Waals surface area contributed by atoms with Crippen LogP contribution in [0.5, 0.6) is 11.5 Å². The van der Waals surface area contributed by atoms with Crippen molar-refractivity contribution in [1.29, 1.82) is 0 Å². The second kappa shape index (κ2) is 11.9. The number of aliphatic hydroxyl groups excluding tert-OH is 1. The molecule has 1 unspecified atom stereocenters. The molecule has 28 heavy (non-hydrogen) atoms. The van der Waals surface area contributed by atoms with Crippen LogP contribution in [0.3, 0.4) is 0 Å². The summed E-state index contributed by atoms with van der Waals surface area (Å²) in [4.78, 5) is 0. The van der Waals surface area contributed by atoms with Crippen molar-refractivity contribution >= 4 is 11.6 Å². The Morgan fingerprint density at radius 3 is 2.43 bits per heavy atom. The van der Waals surface area contributed by atoms with Gasteiger partial charge in [-0.25, -0.2) is 0 Å². The van der Waals surface area contributed by atoms with E-state index in [1.807, 2.05) is 31.2 Å². The Labute approximate surface area is 173 Å². The molecule has 0 saturated heterocycles. The van der Waals surface area contributed by atoms with E-state index in [1.165, 1.54) is 5.56 Å². The first-order valence-electron chi connectivity index (χ1n) is 9.72. The highest BCUT2D eigenvalue weighted by molar-refractivity contribution is 6.32. The van der Waals surface area contributed by atoms with Gasteiger partial charge >= 0.3 is 0 Å². The first-order valence-corrected chi connectivity index (χ1v) is 10.1. The molecule has 2 aromatic carbocycles. The van der Waals surface area contributed by atoms with E-state index in [1.54, 1.807) is 6.92 Å². The van der Waals surface area contributed by atoms with Crippen molar-refractivity contribution in [3.63, 3.8) is 0 Å². The van der Waals surface area contributed by atoms with Crippen molar-refractivity contribution in [3.05, 3.63) is 58.1 Å². The second-order valence-corrected chi connectivity index (χ2v) is 7.25. The fourth-order valence-electron chi connectivity index (χ4n) is 2.69.